The maximum absolute atomic E-state index is 5.49. The summed E-state index contributed by atoms with van der Waals surface area (Å²) < 4.78 is 11.0. The molecular weight excluding hydrogens is 216 g/mol. The smallest absolute Gasteiger partial charge is 0.137 e. The predicted molar refractivity (Wildman–Crippen MR) is 73.5 cm³/mol. The Bertz CT molecular complexity index is 171. The molecule has 0 aliphatic heterocycles. The molecule has 0 atom stereocenters. The molecule has 0 rings (SSSR count). The average Bonchev–Trinajstić information content (AvgIpc) is 1.99. The van der Waals surface area contributed by atoms with Crippen molar-refractivity contribution in [2.24, 2.45) is 10.8 Å². The van der Waals surface area contributed by atoms with Crippen molar-refractivity contribution in [2.75, 3.05) is 14.2 Å². The van der Waals surface area contributed by atoms with Crippen molar-refractivity contribution in [3.63, 3.8) is 0 Å². The highest BCUT2D eigenvalue weighted by Crippen LogP contribution is 2.31. The highest BCUT2D eigenvalue weighted by molar-refractivity contribution is 6.60. The van der Waals surface area contributed by atoms with Gasteiger partial charge in [-0.05, 0) is 10.8 Å². The van der Waals surface area contributed by atoms with Crippen LogP contribution in [-0.4, -0.2) is 28.9 Å². The molecule has 0 radical (unpaired) electrons. The molecule has 0 bridgehead atoms. The molecule has 0 aliphatic rings. The zero-order valence-corrected chi connectivity index (χ0v) is 13.5. The first kappa shape index (κ1) is 16.1. The first-order valence-electron chi connectivity index (χ1n) is 6.14. The Balaban J connectivity index is 4.62. The Hall–Kier alpha value is 0.137. The molecule has 0 heterocycles. The van der Waals surface area contributed by atoms with Gasteiger partial charge in [0.1, 0.15) is 14.7 Å². The van der Waals surface area contributed by atoms with Crippen LogP contribution in [0.5, 0.6) is 0 Å². The van der Waals surface area contributed by atoms with Crippen LogP contribution >= 0.6 is 0 Å². The third kappa shape index (κ3) is 7.42. The lowest BCUT2D eigenvalue weighted by Gasteiger charge is -2.33. The van der Waals surface area contributed by atoms with Crippen molar-refractivity contribution in [3.05, 3.63) is 0 Å². The zero-order chi connectivity index (χ0) is 13.0. The van der Waals surface area contributed by atoms with Crippen LogP contribution < -0.4 is 0 Å². The van der Waals surface area contributed by atoms with Crippen LogP contribution in [0.4, 0.5) is 0 Å². The minimum Gasteiger partial charge on any atom is -0.360 e. The van der Waals surface area contributed by atoms with Gasteiger partial charge in [0.25, 0.3) is 0 Å². The summed E-state index contributed by atoms with van der Waals surface area (Å²) in [7, 11) is 2.48. The number of ether oxygens (including phenoxy) is 2. The lowest BCUT2D eigenvalue weighted by atomic mass is 10.00. The van der Waals surface area contributed by atoms with Gasteiger partial charge in [0.05, 0.1) is 0 Å². The summed E-state index contributed by atoms with van der Waals surface area (Å²) in [4.78, 5) is 0. The van der Waals surface area contributed by atoms with Crippen LogP contribution in [0.1, 0.15) is 41.5 Å². The molecule has 0 aromatic rings. The molecule has 0 aromatic carbocycles. The van der Waals surface area contributed by atoms with E-state index < -0.39 is 8.80 Å². The summed E-state index contributed by atoms with van der Waals surface area (Å²) in [5, 5.41) is 0. The molecule has 98 valence electrons. The summed E-state index contributed by atoms with van der Waals surface area (Å²) in [5.74, 6) is 0.0541. The fourth-order valence-corrected chi connectivity index (χ4v) is 6.76. The zero-order valence-electron chi connectivity index (χ0n) is 12.4. The van der Waals surface area contributed by atoms with E-state index in [0.717, 1.165) is 0 Å². The molecule has 0 unspecified atom stereocenters. The summed E-state index contributed by atoms with van der Waals surface area (Å²) in [5.41, 5.74) is 0.745. The Morgan fingerprint density at radius 1 is 0.812 bits per heavy atom. The fraction of sp³-hybridized carbons (Fsp3) is 1.00. The third-order valence-corrected chi connectivity index (χ3v) is 7.41. The van der Waals surface area contributed by atoms with Crippen LogP contribution in [-0.2, 0) is 9.47 Å². The number of rotatable bonds is 5. The summed E-state index contributed by atoms with van der Waals surface area (Å²) in [6.45, 7) is 13.8. The van der Waals surface area contributed by atoms with E-state index in [0.29, 0.717) is 10.8 Å². The van der Waals surface area contributed by atoms with Gasteiger partial charge in [-0.25, -0.2) is 0 Å². The molecule has 0 fully saturated rings. The second-order valence-corrected chi connectivity index (χ2v) is 10.0. The van der Waals surface area contributed by atoms with E-state index in [1.165, 1.54) is 12.1 Å². The fourth-order valence-electron chi connectivity index (χ4n) is 2.32. The molecule has 0 aromatic heterocycles. The van der Waals surface area contributed by atoms with Gasteiger partial charge < -0.3 is 9.47 Å². The molecule has 16 heavy (non-hydrogen) atoms. The lowest BCUT2D eigenvalue weighted by Crippen LogP contribution is -2.39. The van der Waals surface area contributed by atoms with Crippen molar-refractivity contribution >= 4 is 8.80 Å². The van der Waals surface area contributed by atoms with Gasteiger partial charge in [-0.1, -0.05) is 53.6 Å². The van der Waals surface area contributed by atoms with E-state index in [2.05, 4.69) is 41.5 Å². The van der Waals surface area contributed by atoms with E-state index in [9.17, 15) is 0 Å². The highest BCUT2D eigenvalue weighted by Gasteiger charge is 2.31. The van der Waals surface area contributed by atoms with E-state index in [1.54, 1.807) is 14.2 Å². The topological polar surface area (TPSA) is 18.5 Å². The van der Waals surface area contributed by atoms with Gasteiger partial charge in [-0.2, -0.15) is 0 Å². The number of methoxy groups -OCH3 is 2. The third-order valence-electron chi connectivity index (χ3n) is 2.60. The second kappa shape index (κ2) is 6.17. The van der Waals surface area contributed by atoms with Crippen molar-refractivity contribution < 1.29 is 9.47 Å². The van der Waals surface area contributed by atoms with Gasteiger partial charge in [0.2, 0.25) is 0 Å². The number of hydrogen-bond acceptors (Lipinski definition) is 2. The normalized spacial score (nSPS) is 13.9. The molecule has 0 saturated heterocycles. The minimum atomic E-state index is -1.04. The van der Waals surface area contributed by atoms with Gasteiger partial charge in [0, 0.05) is 14.2 Å². The molecule has 3 heteroatoms. The monoisotopic (exact) mass is 246 g/mol. The van der Waals surface area contributed by atoms with Crippen LogP contribution in [0.15, 0.2) is 0 Å². The Labute approximate surface area is 103 Å². The molecule has 0 aliphatic carbocycles. The van der Waals surface area contributed by atoms with Gasteiger partial charge in [-0.15, -0.1) is 0 Å². The van der Waals surface area contributed by atoms with E-state index in [4.69, 9.17) is 9.47 Å². The first-order chi connectivity index (χ1) is 7.09. The SMILES string of the molecule is COC(OC)[SiH](CC(C)(C)C)CC(C)(C)C. The van der Waals surface area contributed by atoms with Gasteiger partial charge >= 0.3 is 0 Å². The number of hydrogen-bond donors (Lipinski definition) is 0. The quantitative estimate of drug-likeness (QED) is 0.546. The first-order valence-corrected chi connectivity index (χ1v) is 8.44. The maximum atomic E-state index is 5.49. The summed E-state index contributed by atoms with van der Waals surface area (Å²) in [6, 6.07) is 2.52. The van der Waals surface area contributed by atoms with Gasteiger partial charge in [0.15, 0.2) is 0 Å². The van der Waals surface area contributed by atoms with Crippen molar-refractivity contribution in [3.8, 4) is 0 Å². The van der Waals surface area contributed by atoms with Gasteiger partial charge in [-0.3, -0.25) is 0 Å². The molecule has 2 nitrogen and oxygen atoms in total. The van der Waals surface area contributed by atoms with E-state index >= 15 is 0 Å². The van der Waals surface area contributed by atoms with Crippen molar-refractivity contribution in [2.45, 2.75) is 59.5 Å². The summed E-state index contributed by atoms with van der Waals surface area (Å²) >= 11 is 0. The molecular formula is C13H30O2Si. The van der Waals surface area contributed by atoms with Crippen LogP contribution in [0, 0.1) is 10.8 Å². The molecule has 0 saturated carbocycles. The predicted octanol–water partition coefficient (Wildman–Crippen LogP) is 3.46. The van der Waals surface area contributed by atoms with E-state index in [1.807, 2.05) is 0 Å². The molecule has 0 amide bonds. The highest BCUT2D eigenvalue weighted by atomic mass is 28.3. The van der Waals surface area contributed by atoms with Crippen LogP contribution in [0.3, 0.4) is 0 Å². The lowest BCUT2D eigenvalue weighted by molar-refractivity contribution is -0.0487. The Kier molecular flexibility index (Phi) is 6.23. The van der Waals surface area contributed by atoms with Crippen LogP contribution in [0.25, 0.3) is 0 Å². The van der Waals surface area contributed by atoms with Crippen LogP contribution in [0.2, 0.25) is 12.1 Å². The molecule has 0 spiro atoms. The Morgan fingerprint density at radius 2 is 1.12 bits per heavy atom. The standard InChI is InChI=1S/C13H30O2Si/c1-12(2,3)9-16(10-13(4,5)6)11(14-7)15-8/h11,16H,9-10H2,1-8H3. The molecule has 0 N–H and O–H groups in total. The van der Waals surface area contributed by atoms with E-state index in [-0.39, 0.29) is 5.91 Å². The largest absolute Gasteiger partial charge is 0.360 e. The minimum absolute atomic E-state index is 0.0541. The second-order valence-electron chi connectivity index (χ2n) is 7.13. The maximum Gasteiger partial charge on any atom is 0.137 e. The Morgan fingerprint density at radius 3 is 1.31 bits per heavy atom. The van der Waals surface area contributed by atoms with Crippen molar-refractivity contribution in [1.82, 2.24) is 0 Å². The summed E-state index contributed by atoms with van der Waals surface area (Å²) in [6.07, 6.45) is 0. The average molecular weight is 246 g/mol. The van der Waals surface area contributed by atoms with Crippen molar-refractivity contribution in [1.29, 1.82) is 0 Å².